The zero-order valence-electron chi connectivity index (χ0n) is 17.1. The second kappa shape index (κ2) is 8.75. The van der Waals surface area contributed by atoms with Gasteiger partial charge in [-0.05, 0) is 54.6 Å². The zero-order chi connectivity index (χ0) is 22.6. The lowest BCUT2D eigenvalue weighted by atomic mass is 10.1. The van der Waals surface area contributed by atoms with E-state index in [0.717, 1.165) is 0 Å². The van der Waals surface area contributed by atoms with Gasteiger partial charge in [-0.25, -0.2) is 19.7 Å². The third-order valence-corrected chi connectivity index (χ3v) is 4.68. The van der Waals surface area contributed by atoms with E-state index in [-0.39, 0.29) is 5.56 Å². The van der Waals surface area contributed by atoms with E-state index < -0.39 is 18.5 Å². The van der Waals surface area contributed by atoms with Crippen LogP contribution in [0.5, 0.6) is 0 Å². The van der Waals surface area contributed by atoms with Gasteiger partial charge >= 0.3 is 5.97 Å². The molecule has 0 atom stereocenters. The van der Waals surface area contributed by atoms with Crippen molar-refractivity contribution in [3.8, 4) is 22.9 Å². The number of rotatable bonds is 6. The third-order valence-electron chi connectivity index (χ3n) is 4.68. The molecule has 9 nitrogen and oxygen atoms in total. The highest BCUT2D eigenvalue weighted by molar-refractivity contribution is 5.97. The number of pyridine rings is 1. The molecule has 0 saturated heterocycles. The van der Waals surface area contributed by atoms with Gasteiger partial charge in [0.05, 0.1) is 29.1 Å². The fourth-order valence-corrected chi connectivity index (χ4v) is 3.18. The molecule has 4 heterocycles. The van der Waals surface area contributed by atoms with Crippen molar-refractivity contribution in [1.29, 1.82) is 0 Å². The van der Waals surface area contributed by atoms with Gasteiger partial charge in [-0.3, -0.25) is 4.79 Å². The number of nitrogens with zero attached hydrogens (tertiary/aromatic N) is 3. The van der Waals surface area contributed by atoms with Crippen molar-refractivity contribution in [2.45, 2.75) is 0 Å². The number of carbonyl (C=O) groups excluding carboxylic acids is 2. The fraction of sp³-hybridized carbons (Fsp3) is 0.0417. The summed E-state index contributed by atoms with van der Waals surface area (Å²) in [4.78, 5) is 37.8. The van der Waals surface area contributed by atoms with E-state index >= 15 is 0 Å². The predicted molar refractivity (Wildman–Crippen MR) is 118 cm³/mol. The number of amides is 1. The van der Waals surface area contributed by atoms with E-state index in [4.69, 9.17) is 13.6 Å². The smallest absolute Gasteiger partial charge is 0.338 e. The second-order valence-corrected chi connectivity index (χ2v) is 6.92. The quantitative estimate of drug-likeness (QED) is 0.387. The Labute approximate surface area is 187 Å². The standard InChI is InChI=1S/C24H16N4O5/c29-21(28-20-7-1-2-10-25-20)14-33-24(30)15-8-9-16-17(13-15)27-23(19-6-4-12-32-19)22(26-16)18-5-3-11-31-18/h1-13H,14H2,(H,25,28,29). The van der Waals surface area contributed by atoms with Crippen LogP contribution in [0.15, 0.2) is 88.2 Å². The lowest BCUT2D eigenvalue weighted by Gasteiger charge is -2.08. The minimum atomic E-state index is -0.662. The molecule has 0 aliphatic rings. The zero-order valence-corrected chi connectivity index (χ0v) is 17.1. The first-order valence-corrected chi connectivity index (χ1v) is 9.95. The number of aromatic nitrogens is 3. The van der Waals surface area contributed by atoms with E-state index in [1.807, 2.05) is 0 Å². The van der Waals surface area contributed by atoms with Crippen LogP contribution in [0.1, 0.15) is 10.4 Å². The van der Waals surface area contributed by atoms with Crippen molar-refractivity contribution in [3.05, 3.63) is 85.0 Å². The first kappa shape index (κ1) is 20.1. The Morgan fingerprint density at radius 1 is 0.848 bits per heavy atom. The van der Waals surface area contributed by atoms with Gasteiger partial charge in [0, 0.05) is 6.20 Å². The maximum absolute atomic E-state index is 12.5. The van der Waals surface area contributed by atoms with Gasteiger partial charge in [0.2, 0.25) is 0 Å². The molecule has 0 bridgehead atoms. The van der Waals surface area contributed by atoms with Gasteiger partial charge in [0.1, 0.15) is 17.2 Å². The van der Waals surface area contributed by atoms with E-state index in [9.17, 15) is 9.59 Å². The number of benzene rings is 1. The van der Waals surface area contributed by atoms with Gasteiger partial charge in [-0.15, -0.1) is 0 Å². The molecule has 1 amide bonds. The molecule has 0 aliphatic heterocycles. The summed E-state index contributed by atoms with van der Waals surface area (Å²) >= 11 is 0. The first-order valence-electron chi connectivity index (χ1n) is 9.95. The van der Waals surface area contributed by atoms with Crippen molar-refractivity contribution in [2.75, 3.05) is 11.9 Å². The summed E-state index contributed by atoms with van der Waals surface area (Å²) < 4.78 is 16.2. The molecule has 0 aliphatic carbocycles. The Kier molecular flexibility index (Phi) is 5.34. The lowest BCUT2D eigenvalue weighted by Crippen LogP contribution is -2.21. The van der Waals surface area contributed by atoms with Crippen molar-refractivity contribution in [2.24, 2.45) is 0 Å². The van der Waals surface area contributed by atoms with Crippen LogP contribution < -0.4 is 5.32 Å². The molecule has 0 saturated carbocycles. The number of hydrogen-bond donors (Lipinski definition) is 1. The van der Waals surface area contributed by atoms with Gasteiger partial charge in [0.25, 0.3) is 5.91 Å². The molecule has 162 valence electrons. The molecule has 1 N–H and O–H groups in total. The molecule has 0 spiro atoms. The normalized spacial score (nSPS) is 10.8. The molecular weight excluding hydrogens is 424 g/mol. The second-order valence-electron chi connectivity index (χ2n) is 6.92. The van der Waals surface area contributed by atoms with E-state index in [2.05, 4.69) is 20.3 Å². The van der Waals surface area contributed by atoms with Crippen molar-refractivity contribution in [3.63, 3.8) is 0 Å². The van der Waals surface area contributed by atoms with E-state index in [1.54, 1.807) is 73.1 Å². The summed E-state index contributed by atoms with van der Waals surface area (Å²) in [6.45, 7) is -0.450. The van der Waals surface area contributed by atoms with Crippen LogP contribution in [0.4, 0.5) is 5.82 Å². The van der Waals surface area contributed by atoms with Crippen LogP contribution in [0.2, 0.25) is 0 Å². The van der Waals surface area contributed by atoms with Crippen LogP contribution in [0.25, 0.3) is 33.9 Å². The summed E-state index contributed by atoms with van der Waals surface area (Å²) in [6, 6.07) is 16.9. The van der Waals surface area contributed by atoms with Crippen molar-refractivity contribution >= 4 is 28.7 Å². The minimum Gasteiger partial charge on any atom is -0.463 e. The van der Waals surface area contributed by atoms with Crippen LogP contribution in [-0.4, -0.2) is 33.4 Å². The SMILES string of the molecule is O=C(COC(=O)c1ccc2nc(-c3ccco3)c(-c3ccco3)nc2c1)Nc1ccccn1. The lowest BCUT2D eigenvalue weighted by molar-refractivity contribution is -0.119. The average Bonchev–Trinajstić information content (AvgIpc) is 3.57. The molecule has 0 unspecified atom stereocenters. The summed E-state index contributed by atoms with van der Waals surface area (Å²) in [7, 11) is 0. The maximum atomic E-state index is 12.5. The van der Waals surface area contributed by atoms with E-state index in [1.165, 1.54) is 6.26 Å². The fourth-order valence-electron chi connectivity index (χ4n) is 3.18. The number of anilines is 1. The molecule has 4 aromatic heterocycles. The van der Waals surface area contributed by atoms with Gasteiger partial charge < -0.3 is 18.9 Å². The number of carbonyl (C=O) groups is 2. The third kappa shape index (κ3) is 4.33. The topological polar surface area (TPSA) is 120 Å². The molecule has 5 aromatic rings. The molecule has 9 heteroatoms. The van der Waals surface area contributed by atoms with Gasteiger partial charge in [-0.1, -0.05) is 6.07 Å². The molecule has 1 aromatic carbocycles. The van der Waals surface area contributed by atoms with Crippen LogP contribution >= 0.6 is 0 Å². The summed E-state index contributed by atoms with van der Waals surface area (Å²) in [5.41, 5.74) is 2.25. The average molecular weight is 440 g/mol. The molecular formula is C24H16N4O5. The highest BCUT2D eigenvalue weighted by Gasteiger charge is 2.18. The molecule has 5 rings (SSSR count). The monoisotopic (exact) mass is 440 g/mol. The van der Waals surface area contributed by atoms with Gasteiger partial charge in [-0.2, -0.15) is 0 Å². The Morgan fingerprint density at radius 3 is 2.21 bits per heavy atom. The van der Waals surface area contributed by atoms with Crippen LogP contribution in [0, 0.1) is 0 Å². The van der Waals surface area contributed by atoms with Gasteiger partial charge in [0.15, 0.2) is 18.1 Å². The Bertz CT molecular complexity index is 1410. The highest BCUT2D eigenvalue weighted by Crippen LogP contribution is 2.31. The number of furan rings is 2. The summed E-state index contributed by atoms with van der Waals surface area (Å²) in [5, 5.41) is 2.55. The summed E-state index contributed by atoms with van der Waals surface area (Å²) in [6.07, 6.45) is 4.64. The largest absolute Gasteiger partial charge is 0.463 e. The van der Waals surface area contributed by atoms with Crippen LogP contribution in [0.3, 0.4) is 0 Å². The Hall–Kier alpha value is -4.79. The Balaban J connectivity index is 1.39. The number of esters is 1. The number of fused-ring (bicyclic) bond motifs is 1. The molecule has 0 radical (unpaired) electrons. The molecule has 0 fully saturated rings. The van der Waals surface area contributed by atoms with Crippen molar-refractivity contribution < 1.29 is 23.2 Å². The summed E-state index contributed by atoms with van der Waals surface area (Å²) in [5.74, 6) is 0.265. The number of ether oxygens (including phenoxy) is 1. The maximum Gasteiger partial charge on any atom is 0.338 e. The number of nitrogens with one attached hydrogen (secondary N) is 1. The Morgan fingerprint density at radius 2 is 1.58 bits per heavy atom. The number of hydrogen-bond acceptors (Lipinski definition) is 8. The van der Waals surface area contributed by atoms with E-state index in [0.29, 0.717) is 39.8 Å². The van der Waals surface area contributed by atoms with Crippen molar-refractivity contribution in [1.82, 2.24) is 15.0 Å². The highest BCUT2D eigenvalue weighted by atomic mass is 16.5. The first-order chi connectivity index (χ1) is 16.2. The van der Waals surface area contributed by atoms with Crippen LogP contribution in [-0.2, 0) is 9.53 Å². The predicted octanol–water partition coefficient (Wildman–Crippen LogP) is 4.34. The minimum absolute atomic E-state index is 0.235. The molecule has 33 heavy (non-hydrogen) atoms.